The molecule has 0 aliphatic carbocycles. The van der Waals surface area contributed by atoms with Gasteiger partial charge in [-0.15, -0.1) is 11.8 Å². The van der Waals surface area contributed by atoms with Crippen LogP contribution < -0.4 is 15.6 Å². The fraction of sp³-hybridized carbons (Fsp3) is 0.167. The van der Waals surface area contributed by atoms with Crippen molar-refractivity contribution < 1.29 is 4.79 Å². The maximum atomic E-state index is 12.4. The SMILES string of the molecule is CSc1ccc(NC(=S)N/N=C2\C(=O)N(C)c3ccc(C)cc32)cc1. The van der Waals surface area contributed by atoms with E-state index >= 15 is 0 Å². The van der Waals surface area contributed by atoms with Crippen LogP contribution in [0.4, 0.5) is 11.4 Å². The molecule has 0 unspecified atom stereocenters. The lowest BCUT2D eigenvalue weighted by atomic mass is 10.1. The molecular formula is C18H18N4OS2. The van der Waals surface area contributed by atoms with Gasteiger partial charge in [0.25, 0.3) is 5.91 Å². The minimum atomic E-state index is -0.153. The Balaban J connectivity index is 1.74. The smallest absolute Gasteiger partial charge is 0.279 e. The van der Waals surface area contributed by atoms with Gasteiger partial charge in [-0.3, -0.25) is 10.2 Å². The lowest BCUT2D eigenvalue weighted by Gasteiger charge is -2.08. The number of aryl methyl sites for hydroxylation is 1. The Morgan fingerprint density at radius 1 is 1.20 bits per heavy atom. The lowest BCUT2D eigenvalue weighted by Crippen LogP contribution is -2.30. The molecule has 0 atom stereocenters. The number of thioether (sulfide) groups is 1. The van der Waals surface area contributed by atoms with Gasteiger partial charge in [0, 0.05) is 23.2 Å². The van der Waals surface area contributed by atoms with Gasteiger partial charge in [0.2, 0.25) is 0 Å². The van der Waals surface area contributed by atoms with Gasteiger partial charge >= 0.3 is 0 Å². The summed E-state index contributed by atoms with van der Waals surface area (Å²) in [5.74, 6) is -0.153. The van der Waals surface area contributed by atoms with E-state index < -0.39 is 0 Å². The molecule has 1 aliphatic heterocycles. The summed E-state index contributed by atoms with van der Waals surface area (Å²) in [6.07, 6.45) is 2.03. The van der Waals surface area contributed by atoms with Gasteiger partial charge in [-0.1, -0.05) is 11.6 Å². The molecule has 128 valence electrons. The van der Waals surface area contributed by atoms with E-state index in [-0.39, 0.29) is 5.91 Å². The molecule has 0 radical (unpaired) electrons. The van der Waals surface area contributed by atoms with E-state index in [1.54, 1.807) is 23.7 Å². The second-order valence-electron chi connectivity index (χ2n) is 5.64. The Morgan fingerprint density at radius 2 is 1.92 bits per heavy atom. The van der Waals surface area contributed by atoms with Crippen LogP contribution in [0, 0.1) is 6.92 Å². The number of fused-ring (bicyclic) bond motifs is 1. The number of benzene rings is 2. The Kier molecular flexibility index (Phi) is 5.06. The molecule has 2 aromatic carbocycles. The molecule has 1 heterocycles. The highest BCUT2D eigenvalue weighted by molar-refractivity contribution is 7.98. The van der Waals surface area contributed by atoms with Crippen molar-refractivity contribution in [1.82, 2.24) is 5.43 Å². The number of carbonyl (C=O) groups is 1. The first-order valence-corrected chi connectivity index (χ1v) is 9.30. The quantitative estimate of drug-likeness (QED) is 0.493. The summed E-state index contributed by atoms with van der Waals surface area (Å²) in [6, 6.07) is 13.8. The van der Waals surface area contributed by atoms with Crippen molar-refractivity contribution in [3.8, 4) is 0 Å². The van der Waals surface area contributed by atoms with Crippen molar-refractivity contribution >= 4 is 52.1 Å². The zero-order chi connectivity index (χ0) is 18.0. The average molecular weight is 371 g/mol. The topological polar surface area (TPSA) is 56.7 Å². The maximum absolute atomic E-state index is 12.4. The van der Waals surface area contributed by atoms with Crippen LogP contribution >= 0.6 is 24.0 Å². The number of likely N-dealkylation sites (N-methyl/N-ethyl adjacent to an activating group) is 1. The largest absolute Gasteiger partial charge is 0.331 e. The summed E-state index contributed by atoms with van der Waals surface area (Å²) in [5.41, 5.74) is 6.73. The number of carbonyl (C=O) groups excluding carboxylic acids is 1. The van der Waals surface area contributed by atoms with Crippen LogP contribution in [0.1, 0.15) is 11.1 Å². The molecule has 0 bridgehead atoms. The normalized spacial score (nSPS) is 14.6. The molecule has 0 aromatic heterocycles. The van der Waals surface area contributed by atoms with Gasteiger partial charge in [-0.2, -0.15) is 5.10 Å². The second kappa shape index (κ2) is 7.25. The van der Waals surface area contributed by atoms with Gasteiger partial charge in [0.05, 0.1) is 5.69 Å². The second-order valence-corrected chi connectivity index (χ2v) is 6.93. The van der Waals surface area contributed by atoms with Crippen molar-refractivity contribution in [2.45, 2.75) is 11.8 Å². The van der Waals surface area contributed by atoms with Crippen LogP contribution in [0.25, 0.3) is 0 Å². The fourth-order valence-electron chi connectivity index (χ4n) is 2.56. The van der Waals surface area contributed by atoms with Crippen molar-refractivity contribution in [2.24, 2.45) is 5.10 Å². The first-order chi connectivity index (χ1) is 12.0. The standard InChI is InChI=1S/C18H18N4OS2/c1-11-4-9-15-14(10-11)16(17(23)22(15)2)20-21-18(24)19-12-5-7-13(25-3)8-6-12/h4-10H,1-3H3,(H2,19,21,24)/b20-16-. The molecule has 25 heavy (non-hydrogen) atoms. The summed E-state index contributed by atoms with van der Waals surface area (Å²) < 4.78 is 0. The van der Waals surface area contributed by atoms with Crippen molar-refractivity contribution in [1.29, 1.82) is 0 Å². The van der Waals surface area contributed by atoms with Crippen molar-refractivity contribution in [3.05, 3.63) is 53.6 Å². The fourth-order valence-corrected chi connectivity index (χ4v) is 3.14. The van der Waals surface area contributed by atoms with E-state index in [0.717, 1.165) is 22.5 Å². The Bertz CT molecular complexity index is 862. The molecule has 1 aliphatic rings. The highest BCUT2D eigenvalue weighted by atomic mass is 32.2. The van der Waals surface area contributed by atoms with Crippen LogP contribution in [0.5, 0.6) is 0 Å². The number of hydrogen-bond acceptors (Lipinski definition) is 4. The van der Waals surface area contributed by atoms with Crippen LogP contribution in [-0.4, -0.2) is 30.0 Å². The molecule has 2 aromatic rings. The molecule has 0 saturated carbocycles. The van der Waals surface area contributed by atoms with Gasteiger partial charge in [-0.05, 0) is 61.8 Å². The van der Waals surface area contributed by atoms with Crippen LogP contribution in [0.15, 0.2) is 52.5 Å². The number of nitrogens with zero attached hydrogens (tertiary/aromatic N) is 2. The summed E-state index contributed by atoms with van der Waals surface area (Å²) in [7, 11) is 1.74. The van der Waals surface area contributed by atoms with Gasteiger partial charge in [-0.25, -0.2) is 0 Å². The Hall–Kier alpha value is -2.38. The minimum absolute atomic E-state index is 0.153. The van der Waals surface area contributed by atoms with Gasteiger partial charge in [0.1, 0.15) is 0 Å². The minimum Gasteiger partial charge on any atom is -0.331 e. The highest BCUT2D eigenvalue weighted by Gasteiger charge is 2.31. The predicted molar refractivity (Wildman–Crippen MR) is 109 cm³/mol. The maximum Gasteiger partial charge on any atom is 0.279 e. The molecule has 0 fully saturated rings. The van der Waals surface area contributed by atoms with Crippen molar-refractivity contribution in [2.75, 3.05) is 23.5 Å². The molecule has 1 amide bonds. The van der Waals surface area contributed by atoms with E-state index in [2.05, 4.69) is 15.8 Å². The predicted octanol–water partition coefficient (Wildman–Crippen LogP) is 3.38. The number of hydrazone groups is 1. The summed E-state index contributed by atoms with van der Waals surface area (Å²) in [4.78, 5) is 15.2. The number of anilines is 2. The van der Waals surface area contributed by atoms with E-state index in [4.69, 9.17) is 12.2 Å². The van der Waals surface area contributed by atoms with E-state index in [1.165, 1.54) is 4.90 Å². The van der Waals surface area contributed by atoms with E-state index in [0.29, 0.717) is 10.8 Å². The van der Waals surface area contributed by atoms with Gasteiger partial charge in [0.15, 0.2) is 10.8 Å². The van der Waals surface area contributed by atoms with Crippen molar-refractivity contribution in [3.63, 3.8) is 0 Å². The highest BCUT2D eigenvalue weighted by Crippen LogP contribution is 2.28. The van der Waals surface area contributed by atoms with Crippen LogP contribution in [-0.2, 0) is 4.79 Å². The first kappa shape index (κ1) is 17.4. The molecule has 0 spiro atoms. The van der Waals surface area contributed by atoms with Gasteiger partial charge < -0.3 is 10.2 Å². The Labute approximate surface area is 156 Å². The Morgan fingerprint density at radius 3 is 2.60 bits per heavy atom. The molecule has 0 saturated heterocycles. The van der Waals surface area contributed by atoms with Crippen LogP contribution in [0.3, 0.4) is 0 Å². The third kappa shape index (κ3) is 3.67. The molecule has 3 rings (SSSR count). The third-order valence-electron chi connectivity index (χ3n) is 3.89. The summed E-state index contributed by atoms with van der Waals surface area (Å²) in [6.45, 7) is 1.98. The van der Waals surface area contributed by atoms with Crippen LogP contribution in [0.2, 0.25) is 0 Å². The monoisotopic (exact) mass is 370 g/mol. The molecule has 2 N–H and O–H groups in total. The van der Waals surface area contributed by atoms with E-state index in [1.807, 2.05) is 55.6 Å². The zero-order valence-electron chi connectivity index (χ0n) is 14.2. The van der Waals surface area contributed by atoms with E-state index in [9.17, 15) is 4.79 Å². The number of amides is 1. The zero-order valence-corrected chi connectivity index (χ0v) is 15.8. The average Bonchev–Trinajstić information content (AvgIpc) is 2.84. The molecular weight excluding hydrogens is 352 g/mol. The summed E-state index contributed by atoms with van der Waals surface area (Å²) >= 11 is 6.94. The summed E-state index contributed by atoms with van der Waals surface area (Å²) in [5, 5.41) is 7.63. The lowest BCUT2D eigenvalue weighted by molar-refractivity contribution is -0.111. The first-order valence-electron chi connectivity index (χ1n) is 7.67. The molecule has 5 nitrogen and oxygen atoms in total. The number of hydrogen-bond donors (Lipinski definition) is 2. The third-order valence-corrected chi connectivity index (χ3v) is 4.83. The number of rotatable bonds is 3. The number of thiocarbonyl (C=S) groups is 1. The number of nitrogens with one attached hydrogen (secondary N) is 2. The molecule has 7 heteroatoms.